The van der Waals surface area contributed by atoms with Gasteiger partial charge in [0.2, 0.25) is 17.7 Å². The molecule has 0 aliphatic heterocycles. The lowest BCUT2D eigenvalue weighted by atomic mass is 10.1. The average molecular weight is 523 g/mol. The summed E-state index contributed by atoms with van der Waals surface area (Å²) in [5.74, 6) is -2.84. The van der Waals surface area contributed by atoms with Crippen molar-refractivity contribution in [3.8, 4) is 0 Å². The summed E-state index contributed by atoms with van der Waals surface area (Å²) in [6, 6.07) is 1.85. The van der Waals surface area contributed by atoms with E-state index < -0.39 is 41.3 Å². The zero-order valence-electron chi connectivity index (χ0n) is 22.1. The van der Waals surface area contributed by atoms with E-state index >= 15 is 0 Å². The summed E-state index contributed by atoms with van der Waals surface area (Å²) in [5, 5.41) is 7.25. The molecule has 0 aliphatic rings. The van der Waals surface area contributed by atoms with Gasteiger partial charge in [-0.1, -0.05) is 32.8 Å². The van der Waals surface area contributed by atoms with E-state index in [4.69, 9.17) is 4.74 Å². The van der Waals surface area contributed by atoms with Crippen molar-refractivity contribution < 1.29 is 33.4 Å². The first-order valence-electron chi connectivity index (χ1n) is 12.0. The molecule has 0 aliphatic carbocycles. The molecule has 37 heavy (non-hydrogen) atoms. The second-order valence-corrected chi connectivity index (χ2v) is 7.68. The molecule has 0 radical (unpaired) electrons. The molecule has 1 heterocycles. The Balaban J connectivity index is 0.00000300. The molecular formula is C25H38N4O8. The van der Waals surface area contributed by atoms with E-state index in [0.29, 0.717) is 0 Å². The Morgan fingerprint density at radius 1 is 1.11 bits per heavy atom. The maximum Gasteiger partial charge on any atom is 0.330 e. The fourth-order valence-electron chi connectivity index (χ4n) is 2.58. The minimum Gasteiger partial charge on any atom is -0.468 e. The Bertz CT molecular complexity index is 985. The average Bonchev–Trinajstić information content (AvgIpc) is 2.86. The first-order valence-corrected chi connectivity index (χ1v) is 12.0. The first kappa shape index (κ1) is 33.0. The monoisotopic (exact) mass is 522 g/mol. The molecule has 1 rings (SSSR count). The van der Waals surface area contributed by atoms with E-state index in [1.54, 1.807) is 6.92 Å². The Hall–Kier alpha value is -3.96. The van der Waals surface area contributed by atoms with Gasteiger partial charge >= 0.3 is 11.9 Å². The fourth-order valence-corrected chi connectivity index (χ4v) is 2.58. The van der Waals surface area contributed by atoms with Crippen LogP contribution in [0.2, 0.25) is 0 Å². The number of anilines is 1. The van der Waals surface area contributed by atoms with Gasteiger partial charge in [-0.2, -0.15) is 0 Å². The zero-order valence-corrected chi connectivity index (χ0v) is 22.1. The van der Waals surface area contributed by atoms with E-state index in [1.807, 2.05) is 0 Å². The predicted molar refractivity (Wildman–Crippen MR) is 138 cm³/mol. The smallest absolute Gasteiger partial charge is 0.330 e. The van der Waals surface area contributed by atoms with Crippen molar-refractivity contribution in [3.05, 3.63) is 40.8 Å². The lowest BCUT2D eigenvalue weighted by Crippen LogP contribution is -2.44. The number of rotatable bonds is 13. The summed E-state index contributed by atoms with van der Waals surface area (Å²) in [5.41, 5.74) is -0.747. The van der Waals surface area contributed by atoms with E-state index in [0.717, 1.165) is 4.57 Å². The number of carbonyl (C=O) groups is 5. The van der Waals surface area contributed by atoms with Crippen molar-refractivity contribution in [1.82, 2.24) is 15.2 Å². The van der Waals surface area contributed by atoms with Gasteiger partial charge < -0.3 is 30.0 Å². The highest BCUT2D eigenvalue weighted by Crippen LogP contribution is 2.05. The van der Waals surface area contributed by atoms with Crippen molar-refractivity contribution in [2.24, 2.45) is 0 Å². The van der Waals surface area contributed by atoms with Crippen LogP contribution in [0.3, 0.4) is 0 Å². The standard InChI is InChI=1S/C21H28N4O8.C4H10/c1-4-33-18(28)10-6-5-8-15(23-14(2)26)20(30)24-16-9-7-11-25(21(16)31)13-17(27)22-12-19(29)32-3;1-3-4-2/h6-7,9-11,15H,4-5,8,12-13H2,1-3H3,(H,22,27)(H,23,26)(H,24,30);3-4H2,1-2H3/b10-6+;/t15-;/m0./s1. The van der Waals surface area contributed by atoms with Gasteiger partial charge in [0.25, 0.3) is 5.56 Å². The number of nitrogens with one attached hydrogen (secondary N) is 3. The number of nitrogens with zero attached hydrogens (tertiary/aromatic N) is 1. The molecule has 0 unspecified atom stereocenters. The van der Waals surface area contributed by atoms with Gasteiger partial charge in [0.1, 0.15) is 24.8 Å². The molecule has 206 valence electrons. The van der Waals surface area contributed by atoms with Crippen LogP contribution in [-0.4, -0.2) is 60.5 Å². The molecule has 0 spiro atoms. The second kappa shape index (κ2) is 19.3. The van der Waals surface area contributed by atoms with E-state index in [2.05, 4.69) is 34.5 Å². The molecule has 0 bridgehead atoms. The summed E-state index contributed by atoms with van der Waals surface area (Å²) in [7, 11) is 1.18. The van der Waals surface area contributed by atoms with Crippen LogP contribution in [0.1, 0.15) is 53.4 Å². The Morgan fingerprint density at radius 3 is 2.35 bits per heavy atom. The van der Waals surface area contributed by atoms with Crippen LogP contribution in [0.25, 0.3) is 0 Å². The van der Waals surface area contributed by atoms with Crippen molar-refractivity contribution in [3.63, 3.8) is 0 Å². The number of carbonyl (C=O) groups excluding carboxylic acids is 5. The number of pyridine rings is 1. The normalized spacial score (nSPS) is 10.9. The molecule has 0 aromatic carbocycles. The van der Waals surface area contributed by atoms with Crippen LogP contribution in [0.15, 0.2) is 35.3 Å². The molecule has 1 aromatic heterocycles. The Morgan fingerprint density at radius 2 is 1.78 bits per heavy atom. The van der Waals surface area contributed by atoms with Gasteiger partial charge in [0.05, 0.1) is 13.7 Å². The van der Waals surface area contributed by atoms with E-state index in [9.17, 15) is 28.8 Å². The summed E-state index contributed by atoms with van der Waals surface area (Å²) in [6.45, 7) is 6.80. The number of methoxy groups -OCH3 is 1. The molecule has 3 amide bonds. The molecule has 0 saturated heterocycles. The number of ether oxygens (including phenoxy) is 2. The maximum absolute atomic E-state index is 12.7. The molecule has 1 aromatic rings. The van der Waals surface area contributed by atoms with Gasteiger partial charge in [0, 0.05) is 19.2 Å². The summed E-state index contributed by atoms with van der Waals surface area (Å²) >= 11 is 0. The van der Waals surface area contributed by atoms with Crippen molar-refractivity contribution >= 4 is 35.3 Å². The third-order valence-electron chi connectivity index (χ3n) is 4.61. The lowest BCUT2D eigenvalue weighted by Gasteiger charge is -2.17. The number of unbranched alkanes of at least 4 members (excludes halogenated alkanes) is 1. The van der Waals surface area contributed by atoms with Crippen molar-refractivity contribution in [2.75, 3.05) is 25.6 Å². The van der Waals surface area contributed by atoms with Gasteiger partial charge in [-0.05, 0) is 31.9 Å². The quantitative estimate of drug-likeness (QED) is 0.258. The largest absolute Gasteiger partial charge is 0.468 e. The number of amides is 3. The van der Waals surface area contributed by atoms with Gasteiger partial charge in [-0.3, -0.25) is 24.0 Å². The fraction of sp³-hybridized carbons (Fsp3) is 0.520. The Kier molecular flexibility index (Phi) is 17.2. The third kappa shape index (κ3) is 14.9. The Labute approximate surface area is 216 Å². The molecular weight excluding hydrogens is 484 g/mol. The van der Waals surface area contributed by atoms with Gasteiger partial charge in [0.15, 0.2) is 0 Å². The molecule has 12 heteroatoms. The maximum atomic E-state index is 12.7. The van der Waals surface area contributed by atoms with Gasteiger partial charge in [-0.25, -0.2) is 4.79 Å². The van der Waals surface area contributed by atoms with Crippen LogP contribution in [-0.2, 0) is 40.0 Å². The third-order valence-corrected chi connectivity index (χ3v) is 4.61. The van der Waals surface area contributed by atoms with Crippen LogP contribution in [0.5, 0.6) is 0 Å². The highest BCUT2D eigenvalue weighted by Gasteiger charge is 2.20. The van der Waals surface area contributed by atoms with Gasteiger partial charge in [-0.15, -0.1) is 0 Å². The van der Waals surface area contributed by atoms with Crippen molar-refractivity contribution in [1.29, 1.82) is 0 Å². The van der Waals surface area contributed by atoms with Crippen LogP contribution < -0.4 is 21.5 Å². The highest BCUT2D eigenvalue weighted by molar-refractivity contribution is 5.96. The molecule has 0 fully saturated rings. The predicted octanol–water partition coefficient (Wildman–Crippen LogP) is 1.29. The van der Waals surface area contributed by atoms with E-state index in [1.165, 1.54) is 57.4 Å². The summed E-state index contributed by atoms with van der Waals surface area (Å²) in [4.78, 5) is 71.1. The summed E-state index contributed by atoms with van der Waals surface area (Å²) in [6.07, 6.45) is 7.19. The topological polar surface area (TPSA) is 162 Å². The van der Waals surface area contributed by atoms with Crippen LogP contribution in [0.4, 0.5) is 5.69 Å². The molecule has 12 nitrogen and oxygen atoms in total. The number of hydrogen-bond acceptors (Lipinski definition) is 8. The van der Waals surface area contributed by atoms with E-state index in [-0.39, 0.29) is 38.2 Å². The van der Waals surface area contributed by atoms with Crippen LogP contribution >= 0.6 is 0 Å². The molecule has 1 atom stereocenters. The SMILES string of the molecule is CCCC.CCOC(=O)/C=C/CC[C@H](NC(C)=O)C(=O)Nc1cccn(CC(=O)NCC(=O)OC)c1=O. The second-order valence-electron chi connectivity index (χ2n) is 7.68. The molecule has 0 saturated carbocycles. The van der Waals surface area contributed by atoms with Crippen LogP contribution in [0, 0.1) is 0 Å². The molecule has 3 N–H and O–H groups in total. The minimum atomic E-state index is -0.967. The summed E-state index contributed by atoms with van der Waals surface area (Å²) < 4.78 is 10.2. The number of hydrogen-bond donors (Lipinski definition) is 3. The zero-order chi connectivity index (χ0) is 28.2. The lowest BCUT2D eigenvalue weighted by molar-refractivity contribution is -0.141. The van der Waals surface area contributed by atoms with Crippen molar-refractivity contribution in [2.45, 2.75) is 66.0 Å². The minimum absolute atomic E-state index is 0.0966. The first-order chi connectivity index (χ1) is 17.6. The number of esters is 2. The number of allylic oxidation sites excluding steroid dienone is 1. The number of aromatic nitrogens is 1. The highest BCUT2D eigenvalue weighted by atomic mass is 16.5.